The zero-order valence-electron chi connectivity index (χ0n) is 13.4. The number of ether oxygens (including phenoxy) is 2. The highest BCUT2D eigenvalue weighted by atomic mass is 32.2. The normalized spacial score (nSPS) is 21.3. The lowest BCUT2D eigenvalue weighted by atomic mass is 9.94. The predicted molar refractivity (Wildman–Crippen MR) is 91.2 cm³/mol. The van der Waals surface area contributed by atoms with Crippen molar-refractivity contribution in [3.63, 3.8) is 0 Å². The summed E-state index contributed by atoms with van der Waals surface area (Å²) in [4.78, 5) is 25.3. The van der Waals surface area contributed by atoms with E-state index in [0.29, 0.717) is 23.1 Å². The SMILES string of the molecule is O=C(CN1CSCC1=O)Nc1ccc2c(c1)OC1(CCCCC1)O2. The molecule has 0 radical (unpaired) electrons. The van der Waals surface area contributed by atoms with Crippen LogP contribution in [0, 0.1) is 0 Å². The maximum Gasteiger partial charge on any atom is 0.251 e. The fraction of sp³-hybridized carbons (Fsp3) is 0.529. The Labute approximate surface area is 144 Å². The Morgan fingerprint density at radius 2 is 2.00 bits per heavy atom. The van der Waals surface area contributed by atoms with E-state index in [1.165, 1.54) is 18.2 Å². The first-order valence-corrected chi connectivity index (χ1v) is 9.47. The highest BCUT2D eigenvalue weighted by molar-refractivity contribution is 8.00. The first-order chi connectivity index (χ1) is 11.6. The lowest BCUT2D eigenvalue weighted by molar-refractivity contribution is -0.130. The Morgan fingerprint density at radius 3 is 2.75 bits per heavy atom. The lowest BCUT2D eigenvalue weighted by Gasteiger charge is -2.31. The number of hydrogen-bond acceptors (Lipinski definition) is 5. The average Bonchev–Trinajstić information content (AvgIpc) is 3.11. The van der Waals surface area contributed by atoms with Gasteiger partial charge in [0.15, 0.2) is 11.5 Å². The van der Waals surface area contributed by atoms with E-state index in [9.17, 15) is 9.59 Å². The van der Waals surface area contributed by atoms with Crippen LogP contribution in [0.3, 0.4) is 0 Å². The van der Waals surface area contributed by atoms with E-state index in [2.05, 4.69) is 5.32 Å². The number of nitrogens with zero attached hydrogens (tertiary/aromatic N) is 1. The second kappa shape index (κ2) is 6.20. The molecule has 0 unspecified atom stereocenters. The lowest BCUT2D eigenvalue weighted by Crippen LogP contribution is -2.40. The number of amides is 2. The van der Waals surface area contributed by atoms with Gasteiger partial charge in [0.1, 0.15) is 6.54 Å². The first-order valence-electron chi connectivity index (χ1n) is 8.31. The summed E-state index contributed by atoms with van der Waals surface area (Å²) in [5.74, 6) is 1.76. The van der Waals surface area contributed by atoms with Crippen LogP contribution >= 0.6 is 11.8 Å². The second-order valence-electron chi connectivity index (χ2n) is 6.45. The van der Waals surface area contributed by atoms with Crippen molar-refractivity contribution < 1.29 is 19.1 Å². The minimum absolute atomic E-state index is 0.0140. The van der Waals surface area contributed by atoms with Gasteiger partial charge in [-0.15, -0.1) is 11.8 Å². The highest BCUT2D eigenvalue weighted by Crippen LogP contribution is 2.46. The number of benzene rings is 1. The molecule has 0 bridgehead atoms. The van der Waals surface area contributed by atoms with Gasteiger partial charge in [-0.2, -0.15) is 0 Å². The van der Waals surface area contributed by atoms with Gasteiger partial charge in [0.05, 0.1) is 11.6 Å². The summed E-state index contributed by atoms with van der Waals surface area (Å²) < 4.78 is 12.1. The maximum absolute atomic E-state index is 12.1. The van der Waals surface area contributed by atoms with Gasteiger partial charge in [-0.3, -0.25) is 9.59 Å². The molecule has 1 spiro atoms. The van der Waals surface area contributed by atoms with Crippen molar-refractivity contribution >= 4 is 29.3 Å². The second-order valence-corrected chi connectivity index (χ2v) is 7.41. The number of anilines is 1. The van der Waals surface area contributed by atoms with E-state index in [1.807, 2.05) is 12.1 Å². The van der Waals surface area contributed by atoms with Gasteiger partial charge in [0.25, 0.3) is 5.79 Å². The highest BCUT2D eigenvalue weighted by Gasteiger charge is 2.42. The van der Waals surface area contributed by atoms with Crippen molar-refractivity contribution in [3.05, 3.63) is 18.2 Å². The molecule has 1 aromatic rings. The molecule has 7 heteroatoms. The largest absolute Gasteiger partial charge is 0.448 e. The third kappa shape index (κ3) is 3.05. The number of rotatable bonds is 3. The fourth-order valence-corrected chi connectivity index (χ4v) is 4.28. The summed E-state index contributed by atoms with van der Waals surface area (Å²) in [6, 6.07) is 5.45. The predicted octanol–water partition coefficient (Wildman–Crippen LogP) is 2.59. The van der Waals surface area contributed by atoms with Crippen molar-refractivity contribution in [2.24, 2.45) is 0 Å². The van der Waals surface area contributed by atoms with Crippen LogP contribution in [0.25, 0.3) is 0 Å². The Kier molecular flexibility index (Phi) is 4.04. The molecule has 1 aliphatic carbocycles. The van der Waals surface area contributed by atoms with Gasteiger partial charge >= 0.3 is 0 Å². The Balaban J connectivity index is 1.40. The fourth-order valence-electron chi connectivity index (χ4n) is 3.38. The average molecular weight is 348 g/mol. The van der Waals surface area contributed by atoms with Crippen molar-refractivity contribution in [2.75, 3.05) is 23.5 Å². The molecule has 2 heterocycles. The smallest absolute Gasteiger partial charge is 0.251 e. The summed E-state index contributed by atoms with van der Waals surface area (Å²) in [5, 5.41) is 2.83. The standard InChI is InChI=1S/C17H20N2O4S/c20-15(9-19-11-24-10-16(19)21)18-12-4-5-13-14(8-12)23-17(22-13)6-2-1-3-7-17/h4-5,8H,1-3,6-7,9-11H2,(H,18,20). The third-order valence-corrected chi connectivity index (χ3v) is 5.54. The van der Waals surface area contributed by atoms with Gasteiger partial charge in [-0.1, -0.05) is 6.42 Å². The van der Waals surface area contributed by atoms with E-state index in [-0.39, 0.29) is 18.4 Å². The Bertz CT molecular complexity index is 673. The number of carbonyl (C=O) groups excluding carboxylic acids is 2. The summed E-state index contributed by atoms with van der Waals surface area (Å²) >= 11 is 1.53. The summed E-state index contributed by atoms with van der Waals surface area (Å²) in [7, 11) is 0. The van der Waals surface area contributed by atoms with E-state index >= 15 is 0 Å². The van der Waals surface area contributed by atoms with Gasteiger partial charge in [-0.25, -0.2) is 0 Å². The molecule has 24 heavy (non-hydrogen) atoms. The van der Waals surface area contributed by atoms with Crippen LogP contribution in [0.2, 0.25) is 0 Å². The van der Waals surface area contributed by atoms with Crippen LogP contribution in [-0.4, -0.2) is 40.7 Å². The van der Waals surface area contributed by atoms with Crippen molar-refractivity contribution in [1.29, 1.82) is 0 Å². The van der Waals surface area contributed by atoms with E-state index in [4.69, 9.17) is 9.47 Å². The Hall–Kier alpha value is -1.89. The zero-order chi connectivity index (χ0) is 16.6. The maximum atomic E-state index is 12.1. The first kappa shape index (κ1) is 15.6. The topological polar surface area (TPSA) is 67.9 Å². The molecular formula is C17H20N2O4S. The third-order valence-electron chi connectivity index (χ3n) is 4.59. The minimum atomic E-state index is -0.511. The molecule has 4 rings (SSSR count). The molecule has 3 aliphatic rings. The van der Waals surface area contributed by atoms with Gasteiger partial charge in [0.2, 0.25) is 11.8 Å². The van der Waals surface area contributed by atoms with Gasteiger partial charge in [0, 0.05) is 24.6 Å². The molecule has 1 N–H and O–H groups in total. The van der Waals surface area contributed by atoms with Crippen molar-refractivity contribution in [2.45, 2.75) is 37.9 Å². The quantitative estimate of drug-likeness (QED) is 0.909. The molecule has 1 aromatic carbocycles. The molecular weight excluding hydrogens is 328 g/mol. The van der Waals surface area contributed by atoms with E-state index in [1.54, 1.807) is 11.0 Å². The Morgan fingerprint density at radius 1 is 1.21 bits per heavy atom. The van der Waals surface area contributed by atoms with Crippen LogP contribution in [0.4, 0.5) is 5.69 Å². The number of carbonyl (C=O) groups is 2. The minimum Gasteiger partial charge on any atom is -0.448 e. The van der Waals surface area contributed by atoms with Crippen LogP contribution in [0.1, 0.15) is 32.1 Å². The number of fused-ring (bicyclic) bond motifs is 1. The van der Waals surface area contributed by atoms with Crippen LogP contribution in [0.5, 0.6) is 11.5 Å². The van der Waals surface area contributed by atoms with Crippen molar-refractivity contribution in [3.8, 4) is 11.5 Å². The molecule has 0 atom stereocenters. The molecule has 2 aliphatic heterocycles. The number of hydrogen-bond donors (Lipinski definition) is 1. The summed E-state index contributed by atoms with van der Waals surface area (Å²) in [6.45, 7) is 0.0875. The summed E-state index contributed by atoms with van der Waals surface area (Å²) in [6.07, 6.45) is 5.24. The molecule has 6 nitrogen and oxygen atoms in total. The van der Waals surface area contributed by atoms with Crippen LogP contribution in [0.15, 0.2) is 18.2 Å². The molecule has 1 saturated heterocycles. The van der Waals surface area contributed by atoms with Gasteiger partial charge < -0.3 is 19.7 Å². The molecule has 2 amide bonds. The van der Waals surface area contributed by atoms with Crippen LogP contribution in [-0.2, 0) is 9.59 Å². The number of thioether (sulfide) groups is 1. The monoisotopic (exact) mass is 348 g/mol. The van der Waals surface area contributed by atoms with Crippen LogP contribution < -0.4 is 14.8 Å². The number of nitrogens with one attached hydrogen (secondary N) is 1. The van der Waals surface area contributed by atoms with Gasteiger partial charge in [-0.05, 0) is 25.0 Å². The summed E-state index contributed by atoms with van der Waals surface area (Å²) in [5.41, 5.74) is 0.662. The van der Waals surface area contributed by atoms with E-state index in [0.717, 1.165) is 31.4 Å². The zero-order valence-corrected chi connectivity index (χ0v) is 14.2. The van der Waals surface area contributed by atoms with Crippen molar-refractivity contribution in [1.82, 2.24) is 4.90 Å². The molecule has 128 valence electrons. The molecule has 2 fully saturated rings. The van der Waals surface area contributed by atoms with E-state index < -0.39 is 5.79 Å². The molecule has 0 aromatic heterocycles. The molecule has 1 saturated carbocycles.